The van der Waals surface area contributed by atoms with E-state index in [2.05, 4.69) is 0 Å². The van der Waals surface area contributed by atoms with Crippen LogP contribution >= 0.6 is 11.6 Å². The first-order valence-corrected chi connectivity index (χ1v) is 4.04. The van der Waals surface area contributed by atoms with E-state index in [4.69, 9.17) is 27.1 Å². The zero-order valence-corrected chi connectivity index (χ0v) is 7.75. The summed E-state index contributed by atoms with van der Waals surface area (Å²) < 4.78 is 0. The molecule has 0 saturated heterocycles. The molecule has 0 aliphatic rings. The fraction of sp³-hybridized carbons (Fsp3) is 0.111. The van der Waals surface area contributed by atoms with Crippen LogP contribution in [0.15, 0.2) is 12.1 Å². The van der Waals surface area contributed by atoms with Crippen molar-refractivity contribution < 1.29 is 15.0 Å². The molecule has 0 fully saturated rings. The highest BCUT2D eigenvalue weighted by Gasteiger charge is 2.12. The van der Waals surface area contributed by atoms with E-state index >= 15 is 0 Å². The Morgan fingerprint density at radius 1 is 1.57 bits per heavy atom. The van der Waals surface area contributed by atoms with Crippen molar-refractivity contribution in [2.45, 2.75) is 6.61 Å². The van der Waals surface area contributed by atoms with Crippen molar-refractivity contribution in [2.24, 2.45) is 0 Å². The highest BCUT2D eigenvalue weighted by molar-refractivity contribution is 6.32. The van der Waals surface area contributed by atoms with Gasteiger partial charge in [-0.15, -0.1) is 0 Å². The second-order valence-corrected chi connectivity index (χ2v) is 2.97. The van der Waals surface area contributed by atoms with Crippen LogP contribution in [-0.4, -0.2) is 16.2 Å². The number of hydrogen-bond acceptors (Lipinski definition) is 3. The van der Waals surface area contributed by atoms with Gasteiger partial charge in [-0.25, -0.2) is 4.79 Å². The first kappa shape index (κ1) is 10.5. The van der Waals surface area contributed by atoms with Crippen LogP contribution in [0.2, 0.25) is 5.02 Å². The van der Waals surface area contributed by atoms with E-state index in [1.54, 1.807) is 6.07 Å². The molecule has 0 bridgehead atoms. The molecule has 0 atom stereocenters. The van der Waals surface area contributed by atoms with Crippen LogP contribution in [0.5, 0.6) is 0 Å². The largest absolute Gasteiger partial charge is 0.478 e. The fourth-order valence-electron chi connectivity index (χ4n) is 1.04. The van der Waals surface area contributed by atoms with Crippen LogP contribution < -0.4 is 0 Å². The molecule has 0 aromatic heterocycles. The van der Waals surface area contributed by atoms with Gasteiger partial charge in [0.1, 0.15) is 6.07 Å². The number of nitrogens with zero attached hydrogens (tertiary/aromatic N) is 1. The Hall–Kier alpha value is -1.57. The van der Waals surface area contributed by atoms with Crippen LogP contribution in [0.3, 0.4) is 0 Å². The van der Waals surface area contributed by atoms with E-state index in [1.165, 1.54) is 12.1 Å². The molecule has 1 aromatic carbocycles. The molecule has 0 radical (unpaired) electrons. The van der Waals surface area contributed by atoms with Gasteiger partial charge in [0.15, 0.2) is 0 Å². The number of halogens is 1. The first-order valence-electron chi connectivity index (χ1n) is 3.66. The molecule has 14 heavy (non-hydrogen) atoms. The summed E-state index contributed by atoms with van der Waals surface area (Å²) in [6, 6.07) is 4.21. The van der Waals surface area contributed by atoms with Crippen molar-refractivity contribution in [3.8, 4) is 6.07 Å². The Labute approximate surface area is 85.0 Å². The van der Waals surface area contributed by atoms with Crippen molar-refractivity contribution in [1.82, 2.24) is 0 Å². The summed E-state index contributed by atoms with van der Waals surface area (Å²) in [5, 5.41) is 26.3. The second-order valence-electron chi connectivity index (χ2n) is 2.57. The number of carboxylic acids is 1. The third-order valence-corrected chi connectivity index (χ3v) is 2.00. The number of aromatic carboxylic acids is 1. The second kappa shape index (κ2) is 4.09. The summed E-state index contributed by atoms with van der Waals surface area (Å²) >= 11 is 5.66. The molecule has 1 aromatic rings. The molecule has 5 heteroatoms. The van der Waals surface area contributed by atoms with Crippen LogP contribution in [-0.2, 0) is 6.61 Å². The Morgan fingerprint density at radius 3 is 2.64 bits per heavy atom. The normalized spacial score (nSPS) is 9.50. The third kappa shape index (κ3) is 1.84. The maximum atomic E-state index is 10.6. The van der Waals surface area contributed by atoms with E-state index < -0.39 is 12.6 Å². The average Bonchev–Trinajstić information content (AvgIpc) is 2.16. The predicted molar refractivity (Wildman–Crippen MR) is 49.0 cm³/mol. The first-order chi connectivity index (χ1) is 6.60. The van der Waals surface area contributed by atoms with Crippen molar-refractivity contribution in [3.63, 3.8) is 0 Å². The summed E-state index contributed by atoms with van der Waals surface area (Å²) in [6.45, 7) is -0.413. The van der Waals surface area contributed by atoms with Crippen LogP contribution in [0, 0.1) is 11.3 Å². The quantitative estimate of drug-likeness (QED) is 0.775. The average molecular weight is 212 g/mol. The highest BCUT2D eigenvalue weighted by Crippen LogP contribution is 2.22. The Kier molecular flexibility index (Phi) is 3.07. The minimum Gasteiger partial charge on any atom is -0.478 e. The maximum absolute atomic E-state index is 10.6. The summed E-state index contributed by atoms with van der Waals surface area (Å²) in [6.07, 6.45) is 0. The number of rotatable bonds is 2. The maximum Gasteiger partial charge on any atom is 0.335 e. The molecule has 0 aliphatic heterocycles. The van der Waals surface area contributed by atoms with Crippen LogP contribution in [0.25, 0.3) is 0 Å². The minimum atomic E-state index is -1.15. The number of aliphatic hydroxyl groups excluding tert-OH is 1. The minimum absolute atomic E-state index is 0.0384. The lowest BCUT2D eigenvalue weighted by Crippen LogP contribution is -2.00. The van der Waals surface area contributed by atoms with Crippen molar-refractivity contribution in [1.29, 1.82) is 5.26 Å². The molecule has 0 unspecified atom stereocenters. The lowest BCUT2D eigenvalue weighted by molar-refractivity contribution is 0.0696. The standard InChI is InChI=1S/C9H6ClNO3/c10-8-2-5(9(13)14)1-6(4-12)7(8)3-11/h1-2,12H,4H2,(H,13,14). The van der Waals surface area contributed by atoms with Gasteiger partial charge >= 0.3 is 5.97 Å². The van der Waals surface area contributed by atoms with Gasteiger partial charge in [-0.2, -0.15) is 5.26 Å². The highest BCUT2D eigenvalue weighted by atomic mass is 35.5. The van der Waals surface area contributed by atoms with Gasteiger partial charge in [0.25, 0.3) is 0 Å². The number of carboxylic acid groups (broad SMARTS) is 1. The van der Waals surface area contributed by atoms with Crippen molar-refractivity contribution in [3.05, 3.63) is 33.8 Å². The zero-order valence-electron chi connectivity index (χ0n) is 6.99. The SMILES string of the molecule is N#Cc1c(Cl)cc(C(=O)O)cc1CO. The number of carbonyl (C=O) groups is 1. The molecule has 1 rings (SSSR count). The Morgan fingerprint density at radius 2 is 2.21 bits per heavy atom. The van der Waals surface area contributed by atoms with E-state index in [1.807, 2.05) is 0 Å². The van der Waals surface area contributed by atoms with Gasteiger partial charge in [-0.1, -0.05) is 11.6 Å². The Bertz CT molecular complexity index is 423. The van der Waals surface area contributed by atoms with E-state index in [0.717, 1.165) is 0 Å². The van der Waals surface area contributed by atoms with E-state index in [0.29, 0.717) is 0 Å². The zero-order chi connectivity index (χ0) is 10.7. The van der Waals surface area contributed by atoms with Crippen molar-refractivity contribution >= 4 is 17.6 Å². The summed E-state index contributed by atoms with van der Waals surface area (Å²) in [5.41, 5.74) is 0.287. The predicted octanol–water partition coefficient (Wildman–Crippen LogP) is 1.40. The van der Waals surface area contributed by atoms with E-state index in [-0.39, 0.29) is 21.7 Å². The topological polar surface area (TPSA) is 81.3 Å². The van der Waals surface area contributed by atoms with Gasteiger partial charge < -0.3 is 10.2 Å². The molecule has 0 amide bonds. The summed E-state index contributed by atoms with van der Waals surface area (Å²) in [7, 11) is 0. The van der Waals surface area contributed by atoms with E-state index in [9.17, 15) is 4.79 Å². The van der Waals surface area contributed by atoms with Gasteiger partial charge in [0, 0.05) is 0 Å². The van der Waals surface area contributed by atoms with Gasteiger partial charge in [0.05, 0.1) is 22.8 Å². The van der Waals surface area contributed by atoms with Gasteiger partial charge in [0.2, 0.25) is 0 Å². The van der Waals surface area contributed by atoms with Crippen LogP contribution in [0.4, 0.5) is 0 Å². The van der Waals surface area contributed by atoms with Gasteiger partial charge in [-0.3, -0.25) is 0 Å². The summed E-state index contributed by atoms with van der Waals surface area (Å²) in [5.74, 6) is -1.15. The fourth-order valence-corrected chi connectivity index (χ4v) is 1.32. The van der Waals surface area contributed by atoms with Gasteiger partial charge in [-0.05, 0) is 17.7 Å². The summed E-state index contributed by atoms with van der Waals surface area (Å²) in [4.78, 5) is 10.6. The number of hydrogen-bond donors (Lipinski definition) is 2. The molecule has 0 spiro atoms. The molecule has 0 heterocycles. The number of nitriles is 1. The number of benzene rings is 1. The molecule has 0 saturated carbocycles. The Balaban J connectivity index is 3.40. The third-order valence-electron chi connectivity index (χ3n) is 1.70. The molecular formula is C9H6ClNO3. The lowest BCUT2D eigenvalue weighted by atomic mass is 10.1. The monoisotopic (exact) mass is 211 g/mol. The van der Waals surface area contributed by atoms with Crippen molar-refractivity contribution in [2.75, 3.05) is 0 Å². The molecule has 0 aliphatic carbocycles. The molecular weight excluding hydrogens is 206 g/mol. The molecule has 4 nitrogen and oxygen atoms in total. The number of aliphatic hydroxyl groups is 1. The smallest absolute Gasteiger partial charge is 0.335 e. The van der Waals surface area contributed by atoms with Crippen LogP contribution in [0.1, 0.15) is 21.5 Å². The molecule has 72 valence electrons. The molecule has 2 N–H and O–H groups in total. The lowest BCUT2D eigenvalue weighted by Gasteiger charge is -2.03.